The van der Waals surface area contributed by atoms with Crippen molar-refractivity contribution >= 4 is 17.6 Å². The largest absolute Gasteiger partial charge is 0.480 e. The summed E-state index contributed by atoms with van der Waals surface area (Å²) in [5, 5.41) is 23.2. The van der Waals surface area contributed by atoms with E-state index in [1.165, 1.54) is 24.3 Å². The van der Waals surface area contributed by atoms with E-state index in [4.69, 9.17) is 0 Å². The van der Waals surface area contributed by atoms with Gasteiger partial charge < -0.3 is 10.4 Å². The van der Waals surface area contributed by atoms with E-state index in [0.717, 1.165) is 11.1 Å². The minimum atomic E-state index is -1.19. The lowest BCUT2D eigenvalue weighted by Gasteiger charge is -2.31. The van der Waals surface area contributed by atoms with Crippen LogP contribution in [0.4, 0.5) is 5.69 Å². The van der Waals surface area contributed by atoms with E-state index in [1.54, 1.807) is 6.92 Å². The van der Waals surface area contributed by atoms with Gasteiger partial charge in [-0.3, -0.25) is 14.9 Å². The first-order chi connectivity index (χ1) is 14.8. The van der Waals surface area contributed by atoms with Crippen molar-refractivity contribution in [1.29, 1.82) is 0 Å². The summed E-state index contributed by atoms with van der Waals surface area (Å²) >= 11 is 0. The maximum atomic E-state index is 13.5. The van der Waals surface area contributed by atoms with E-state index in [2.05, 4.69) is 5.32 Å². The Balaban J connectivity index is 1.90. The Bertz CT molecular complexity index is 1030. The molecule has 3 aromatic rings. The first kappa shape index (κ1) is 21.7. The molecule has 0 heterocycles. The number of non-ortho nitro benzene ring substituents is 1. The Morgan fingerprint density at radius 3 is 1.84 bits per heavy atom. The fourth-order valence-electron chi connectivity index (χ4n) is 3.46. The predicted molar refractivity (Wildman–Crippen MR) is 116 cm³/mol. The molecule has 0 saturated heterocycles. The van der Waals surface area contributed by atoms with Crippen LogP contribution in [0.2, 0.25) is 0 Å². The van der Waals surface area contributed by atoms with Gasteiger partial charge in [-0.25, -0.2) is 4.79 Å². The highest BCUT2D eigenvalue weighted by atomic mass is 16.6. The second-order valence-corrected chi connectivity index (χ2v) is 7.35. The number of aliphatic carboxylic acids is 1. The third-order valence-electron chi connectivity index (χ3n) is 5.35. The smallest absolute Gasteiger partial charge is 0.326 e. The molecule has 7 heteroatoms. The number of amides is 1. The van der Waals surface area contributed by atoms with Crippen LogP contribution in [0, 0.1) is 10.1 Å². The van der Waals surface area contributed by atoms with E-state index in [9.17, 15) is 24.8 Å². The van der Waals surface area contributed by atoms with Gasteiger partial charge in [-0.15, -0.1) is 0 Å². The molecule has 0 fully saturated rings. The second-order valence-electron chi connectivity index (χ2n) is 7.35. The zero-order chi connectivity index (χ0) is 22.4. The standard InChI is InChI=1S/C24H22N2O5/c1-24(18-8-4-2-5-9-18,19-10-6-3-7-11-19)23(29)25-21(22(27)28)16-17-12-14-20(15-13-17)26(30)31/h2-15,21H,16H2,1H3,(H,25,29)(H,27,28)/t21-/m1/s1. The monoisotopic (exact) mass is 418 g/mol. The molecule has 0 radical (unpaired) electrons. The van der Waals surface area contributed by atoms with Crippen LogP contribution in [0.5, 0.6) is 0 Å². The Kier molecular flexibility index (Phi) is 6.45. The van der Waals surface area contributed by atoms with Gasteiger partial charge in [-0.2, -0.15) is 0 Å². The summed E-state index contributed by atoms with van der Waals surface area (Å²) in [5.74, 6) is -1.63. The van der Waals surface area contributed by atoms with Crippen LogP contribution in [0.15, 0.2) is 84.9 Å². The minimum Gasteiger partial charge on any atom is -0.480 e. The van der Waals surface area contributed by atoms with E-state index in [1.807, 2.05) is 60.7 Å². The third kappa shape index (κ3) is 4.78. The number of nitro groups is 1. The van der Waals surface area contributed by atoms with Crippen molar-refractivity contribution in [3.63, 3.8) is 0 Å². The van der Waals surface area contributed by atoms with Crippen molar-refractivity contribution in [3.05, 3.63) is 112 Å². The van der Waals surface area contributed by atoms with Crippen molar-refractivity contribution in [3.8, 4) is 0 Å². The molecule has 1 amide bonds. The van der Waals surface area contributed by atoms with Crippen molar-refractivity contribution in [2.24, 2.45) is 0 Å². The SMILES string of the molecule is CC(C(=O)N[C@H](Cc1ccc([N+](=O)[O-])cc1)C(=O)O)(c1ccccc1)c1ccccc1. The highest BCUT2D eigenvalue weighted by Gasteiger charge is 2.39. The summed E-state index contributed by atoms with van der Waals surface area (Å²) in [6.07, 6.45) is -0.00126. The lowest BCUT2D eigenvalue weighted by Crippen LogP contribution is -2.50. The Morgan fingerprint density at radius 2 is 1.42 bits per heavy atom. The van der Waals surface area contributed by atoms with Gasteiger partial charge in [-0.1, -0.05) is 72.8 Å². The van der Waals surface area contributed by atoms with Crippen molar-refractivity contribution in [1.82, 2.24) is 5.32 Å². The molecule has 0 saturated carbocycles. The Hall–Kier alpha value is -4.00. The van der Waals surface area contributed by atoms with E-state index in [0.29, 0.717) is 5.56 Å². The van der Waals surface area contributed by atoms with Gasteiger partial charge in [0.2, 0.25) is 5.91 Å². The fourth-order valence-corrected chi connectivity index (χ4v) is 3.46. The van der Waals surface area contributed by atoms with Gasteiger partial charge in [0.25, 0.3) is 5.69 Å². The summed E-state index contributed by atoms with van der Waals surface area (Å²) < 4.78 is 0. The molecular weight excluding hydrogens is 396 g/mol. The molecule has 7 nitrogen and oxygen atoms in total. The quantitative estimate of drug-likeness (QED) is 0.428. The first-order valence-electron chi connectivity index (χ1n) is 9.70. The number of nitrogens with zero attached hydrogens (tertiary/aromatic N) is 1. The molecule has 3 rings (SSSR count). The molecule has 31 heavy (non-hydrogen) atoms. The van der Waals surface area contributed by atoms with Crippen LogP contribution in [0.3, 0.4) is 0 Å². The average molecular weight is 418 g/mol. The maximum absolute atomic E-state index is 13.5. The summed E-state index contributed by atoms with van der Waals surface area (Å²) in [7, 11) is 0. The topological polar surface area (TPSA) is 110 Å². The van der Waals surface area contributed by atoms with E-state index < -0.39 is 28.3 Å². The Labute approximate surface area is 179 Å². The minimum absolute atomic E-state index is 0.00126. The molecular formula is C24H22N2O5. The number of carboxylic acids is 1. The normalized spacial score (nSPS) is 12.0. The third-order valence-corrected chi connectivity index (χ3v) is 5.35. The lowest BCUT2D eigenvalue weighted by atomic mass is 9.75. The fraction of sp³-hybridized carbons (Fsp3) is 0.167. The van der Waals surface area contributed by atoms with Gasteiger partial charge in [0.1, 0.15) is 6.04 Å². The van der Waals surface area contributed by atoms with Crippen LogP contribution in [-0.4, -0.2) is 27.9 Å². The number of benzene rings is 3. The highest BCUT2D eigenvalue weighted by molar-refractivity contribution is 5.94. The van der Waals surface area contributed by atoms with Crippen LogP contribution in [-0.2, 0) is 21.4 Å². The molecule has 3 aromatic carbocycles. The van der Waals surface area contributed by atoms with Gasteiger partial charge in [-0.05, 0) is 23.6 Å². The van der Waals surface area contributed by atoms with E-state index in [-0.39, 0.29) is 12.1 Å². The van der Waals surface area contributed by atoms with Crippen molar-refractivity contribution < 1.29 is 19.6 Å². The molecule has 1 atom stereocenters. The molecule has 0 aromatic heterocycles. The van der Waals surface area contributed by atoms with Gasteiger partial charge in [0, 0.05) is 18.6 Å². The second kappa shape index (κ2) is 9.21. The molecule has 0 aliphatic heterocycles. The van der Waals surface area contributed by atoms with Gasteiger partial charge in [0.15, 0.2) is 0 Å². The molecule has 0 unspecified atom stereocenters. The molecule has 0 spiro atoms. The summed E-state index contributed by atoms with van der Waals surface area (Å²) in [6, 6.07) is 22.8. The van der Waals surface area contributed by atoms with Crippen molar-refractivity contribution in [2.75, 3.05) is 0 Å². The summed E-state index contributed by atoms with van der Waals surface area (Å²) in [6.45, 7) is 1.76. The number of carbonyl (C=O) groups is 2. The number of hydrogen-bond acceptors (Lipinski definition) is 4. The van der Waals surface area contributed by atoms with Crippen LogP contribution < -0.4 is 5.32 Å². The van der Waals surface area contributed by atoms with E-state index >= 15 is 0 Å². The van der Waals surface area contributed by atoms with Crippen LogP contribution in [0.25, 0.3) is 0 Å². The number of nitrogens with one attached hydrogen (secondary N) is 1. The number of nitro benzene ring substituents is 1. The van der Waals surface area contributed by atoms with Crippen molar-refractivity contribution in [2.45, 2.75) is 24.8 Å². The molecule has 158 valence electrons. The van der Waals surface area contributed by atoms with Gasteiger partial charge >= 0.3 is 5.97 Å². The molecule has 0 bridgehead atoms. The summed E-state index contributed by atoms with van der Waals surface area (Å²) in [4.78, 5) is 35.6. The number of rotatable bonds is 8. The lowest BCUT2D eigenvalue weighted by molar-refractivity contribution is -0.384. The summed E-state index contributed by atoms with van der Waals surface area (Å²) in [5.41, 5.74) is 0.849. The molecule has 0 aliphatic rings. The molecule has 2 N–H and O–H groups in total. The Morgan fingerprint density at radius 1 is 0.935 bits per heavy atom. The zero-order valence-electron chi connectivity index (χ0n) is 16.9. The number of carbonyl (C=O) groups excluding carboxylic acids is 1. The number of carboxylic acid groups (broad SMARTS) is 1. The first-order valence-corrected chi connectivity index (χ1v) is 9.70. The predicted octanol–water partition coefficient (Wildman–Crippen LogP) is 3.71. The maximum Gasteiger partial charge on any atom is 0.326 e. The number of hydrogen-bond donors (Lipinski definition) is 2. The average Bonchev–Trinajstić information content (AvgIpc) is 2.79. The highest BCUT2D eigenvalue weighted by Crippen LogP contribution is 2.32. The zero-order valence-corrected chi connectivity index (χ0v) is 16.9. The van der Waals surface area contributed by atoms with Crippen LogP contribution >= 0.6 is 0 Å². The van der Waals surface area contributed by atoms with Gasteiger partial charge in [0.05, 0.1) is 10.3 Å². The van der Waals surface area contributed by atoms with Crippen LogP contribution in [0.1, 0.15) is 23.6 Å². The molecule has 0 aliphatic carbocycles.